The van der Waals surface area contributed by atoms with Crippen LogP contribution in [0.3, 0.4) is 0 Å². The van der Waals surface area contributed by atoms with Crippen molar-refractivity contribution in [2.75, 3.05) is 0 Å². The van der Waals surface area contributed by atoms with Gasteiger partial charge in [-0.1, -0.05) is 39.5 Å². The maximum atomic E-state index is 4.65. The number of hydrogen-bond acceptors (Lipinski definition) is 1. The first-order valence-electron chi connectivity index (χ1n) is 6.69. The lowest BCUT2D eigenvalue weighted by molar-refractivity contribution is 0.569. The van der Waals surface area contributed by atoms with Crippen molar-refractivity contribution in [2.24, 2.45) is 0 Å². The fraction of sp³-hybridized carbons (Fsp3) is 0.438. The van der Waals surface area contributed by atoms with Crippen LogP contribution in [0, 0.1) is 0 Å². The highest BCUT2D eigenvalue weighted by molar-refractivity contribution is 5.62. The SMILES string of the molecule is C=C/C(C)=C\c1[nH]c(C(CC)CCC)nc1C=C. The van der Waals surface area contributed by atoms with E-state index in [1.165, 1.54) is 12.8 Å². The standard InChI is InChI=1S/C16H24N2/c1-6-10-13(8-3)16-17-14(9-4)15(18-16)11-12(5)7-2/h7,9,11,13H,2,4,6,8,10H2,1,3,5H3,(H,17,18)/b12-11-. The van der Waals surface area contributed by atoms with Gasteiger partial charge in [0.25, 0.3) is 0 Å². The Morgan fingerprint density at radius 1 is 1.39 bits per heavy atom. The van der Waals surface area contributed by atoms with Crippen LogP contribution in [-0.2, 0) is 0 Å². The molecular weight excluding hydrogens is 220 g/mol. The molecule has 0 aliphatic rings. The van der Waals surface area contributed by atoms with E-state index in [1.807, 2.05) is 13.0 Å². The van der Waals surface area contributed by atoms with Crippen LogP contribution in [0.15, 0.2) is 24.8 Å². The molecule has 0 fully saturated rings. The zero-order valence-electron chi connectivity index (χ0n) is 11.8. The van der Waals surface area contributed by atoms with E-state index in [1.54, 1.807) is 6.08 Å². The third kappa shape index (κ3) is 3.46. The van der Waals surface area contributed by atoms with Crippen molar-refractivity contribution in [1.29, 1.82) is 0 Å². The Labute approximate surface area is 111 Å². The van der Waals surface area contributed by atoms with Crippen molar-refractivity contribution in [3.8, 4) is 0 Å². The van der Waals surface area contributed by atoms with Crippen LogP contribution in [-0.4, -0.2) is 9.97 Å². The number of imidazole rings is 1. The summed E-state index contributed by atoms with van der Waals surface area (Å²) >= 11 is 0. The van der Waals surface area contributed by atoms with Crippen LogP contribution in [0.2, 0.25) is 0 Å². The Morgan fingerprint density at radius 3 is 2.61 bits per heavy atom. The summed E-state index contributed by atoms with van der Waals surface area (Å²) < 4.78 is 0. The van der Waals surface area contributed by atoms with Gasteiger partial charge in [-0.05, 0) is 37.5 Å². The fourth-order valence-corrected chi connectivity index (χ4v) is 2.05. The molecular formula is C16H24N2. The molecule has 1 rings (SSSR count). The summed E-state index contributed by atoms with van der Waals surface area (Å²) in [6.45, 7) is 14.1. The van der Waals surface area contributed by atoms with E-state index in [-0.39, 0.29) is 0 Å². The minimum atomic E-state index is 0.514. The molecule has 1 unspecified atom stereocenters. The zero-order chi connectivity index (χ0) is 13.5. The van der Waals surface area contributed by atoms with Crippen LogP contribution in [0.1, 0.15) is 63.2 Å². The number of hydrogen-bond donors (Lipinski definition) is 1. The molecule has 98 valence electrons. The number of nitrogens with zero attached hydrogens (tertiary/aromatic N) is 1. The van der Waals surface area contributed by atoms with Crippen LogP contribution < -0.4 is 0 Å². The first kappa shape index (κ1) is 14.5. The molecule has 1 N–H and O–H groups in total. The number of allylic oxidation sites excluding steroid dienone is 2. The number of aromatic amines is 1. The van der Waals surface area contributed by atoms with Crippen LogP contribution in [0.25, 0.3) is 12.2 Å². The van der Waals surface area contributed by atoms with Gasteiger partial charge in [0, 0.05) is 5.92 Å². The Kier molecular flexibility index (Phi) is 5.63. The zero-order valence-corrected chi connectivity index (χ0v) is 11.8. The van der Waals surface area contributed by atoms with Gasteiger partial charge in [-0.15, -0.1) is 0 Å². The molecule has 1 heterocycles. The molecule has 1 aromatic heterocycles. The minimum absolute atomic E-state index is 0.514. The highest BCUT2D eigenvalue weighted by Gasteiger charge is 2.14. The summed E-state index contributed by atoms with van der Waals surface area (Å²) in [6.07, 6.45) is 9.18. The van der Waals surface area contributed by atoms with Gasteiger partial charge < -0.3 is 4.98 Å². The molecule has 2 heteroatoms. The normalized spacial score (nSPS) is 13.4. The van der Waals surface area contributed by atoms with Gasteiger partial charge in [-0.2, -0.15) is 0 Å². The summed E-state index contributed by atoms with van der Waals surface area (Å²) in [5.74, 6) is 1.59. The van der Waals surface area contributed by atoms with E-state index in [0.29, 0.717) is 5.92 Å². The van der Waals surface area contributed by atoms with Gasteiger partial charge in [-0.3, -0.25) is 0 Å². The minimum Gasteiger partial charge on any atom is -0.342 e. The molecule has 0 spiro atoms. The Morgan fingerprint density at radius 2 is 2.11 bits per heavy atom. The summed E-state index contributed by atoms with van der Waals surface area (Å²) in [4.78, 5) is 8.08. The molecule has 0 saturated heterocycles. The van der Waals surface area contributed by atoms with Crippen LogP contribution in [0.5, 0.6) is 0 Å². The van der Waals surface area contributed by atoms with Crippen molar-refractivity contribution in [3.63, 3.8) is 0 Å². The summed E-state index contributed by atoms with van der Waals surface area (Å²) in [6, 6.07) is 0. The predicted octanol–water partition coefficient (Wildman–Crippen LogP) is 4.94. The molecule has 1 atom stereocenters. The molecule has 0 radical (unpaired) electrons. The van der Waals surface area contributed by atoms with Gasteiger partial charge in [0.2, 0.25) is 0 Å². The first-order chi connectivity index (χ1) is 8.65. The molecule has 0 aromatic carbocycles. The maximum absolute atomic E-state index is 4.65. The van der Waals surface area contributed by atoms with Crippen molar-refractivity contribution >= 4 is 12.2 Å². The molecule has 2 nitrogen and oxygen atoms in total. The van der Waals surface area contributed by atoms with Crippen molar-refractivity contribution in [2.45, 2.75) is 46.0 Å². The summed E-state index contributed by atoms with van der Waals surface area (Å²) in [5.41, 5.74) is 3.09. The van der Waals surface area contributed by atoms with Gasteiger partial charge in [0.1, 0.15) is 5.82 Å². The lowest BCUT2D eigenvalue weighted by Gasteiger charge is -2.09. The molecule has 0 aliphatic heterocycles. The average Bonchev–Trinajstić information content (AvgIpc) is 2.78. The summed E-state index contributed by atoms with van der Waals surface area (Å²) in [7, 11) is 0. The topological polar surface area (TPSA) is 28.7 Å². The van der Waals surface area contributed by atoms with Gasteiger partial charge >= 0.3 is 0 Å². The Balaban J connectivity index is 3.10. The van der Waals surface area contributed by atoms with E-state index in [4.69, 9.17) is 0 Å². The first-order valence-corrected chi connectivity index (χ1v) is 6.69. The second-order valence-corrected chi connectivity index (χ2v) is 4.61. The molecule has 1 aromatic rings. The van der Waals surface area contributed by atoms with E-state index in [0.717, 1.165) is 29.2 Å². The number of aromatic nitrogens is 2. The molecule has 0 saturated carbocycles. The highest BCUT2D eigenvalue weighted by Crippen LogP contribution is 2.24. The highest BCUT2D eigenvalue weighted by atomic mass is 14.9. The second-order valence-electron chi connectivity index (χ2n) is 4.61. The number of H-pyrrole nitrogens is 1. The third-order valence-electron chi connectivity index (χ3n) is 3.18. The smallest absolute Gasteiger partial charge is 0.110 e. The van der Waals surface area contributed by atoms with Gasteiger partial charge in [-0.25, -0.2) is 4.98 Å². The van der Waals surface area contributed by atoms with E-state index in [2.05, 4.69) is 43.0 Å². The Hall–Kier alpha value is -1.57. The van der Waals surface area contributed by atoms with E-state index >= 15 is 0 Å². The molecule has 0 aliphatic carbocycles. The largest absolute Gasteiger partial charge is 0.342 e. The lowest BCUT2D eigenvalue weighted by atomic mass is 10.0. The van der Waals surface area contributed by atoms with Gasteiger partial charge in [0.15, 0.2) is 0 Å². The fourth-order valence-electron chi connectivity index (χ4n) is 2.05. The second kappa shape index (κ2) is 7.00. The van der Waals surface area contributed by atoms with Gasteiger partial charge in [0.05, 0.1) is 11.4 Å². The van der Waals surface area contributed by atoms with Crippen LogP contribution >= 0.6 is 0 Å². The van der Waals surface area contributed by atoms with E-state index < -0.39 is 0 Å². The predicted molar refractivity (Wildman–Crippen MR) is 80.5 cm³/mol. The van der Waals surface area contributed by atoms with Crippen LogP contribution in [0.4, 0.5) is 0 Å². The molecule has 18 heavy (non-hydrogen) atoms. The van der Waals surface area contributed by atoms with Crippen molar-refractivity contribution in [3.05, 3.63) is 42.0 Å². The quantitative estimate of drug-likeness (QED) is 0.676. The lowest BCUT2D eigenvalue weighted by Crippen LogP contribution is -1.99. The third-order valence-corrected chi connectivity index (χ3v) is 3.18. The van der Waals surface area contributed by atoms with Crippen molar-refractivity contribution < 1.29 is 0 Å². The number of nitrogens with one attached hydrogen (secondary N) is 1. The molecule has 0 amide bonds. The maximum Gasteiger partial charge on any atom is 0.110 e. The Bertz CT molecular complexity index is 438. The average molecular weight is 244 g/mol. The molecule has 0 bridgehead atoms. The van der Waals surface area contributed by atoms with E-state index in [9.17, 15) is 0 Å². The van der Waals surface area contributed by atoms with Crippen molar-refractivity contribution in [1.82, 2.24) is 9.97 Å². The number of rotatable bonds is 7. The monoisotopic (exact) mass is 244 g/mol. The summed E-state index contributed by atoms with van der Waals surface area (Å²) in [5, 5.41) is 0.